The number of hydrogen-bond acceptors (Lipinski definition) is 1. The summed E-state index contributed by atoms with van der Waals surface area (Å²) in [5, 5.41) is 10.0. The van der Waals surface area contributed by atoms with Crippen molar-refractivity contribution in [2.45, 2.75) is 51.0 Å². The van der Waals surface area contributed by atoms with Gasteiger partial charge in [-0.05, 0) is 30.4 Å². The van der Waals surface area contributed by atoms with E-state index < -0.39 is 0 Å². The minimum atomic E-state index is -0.119. The maximum absolute atomic E-state index is 10.0. The first-order chi connectivity index (χ1) is 7.33. The van der Waals surface area contributed by atoms with E-state index in [1.165, 1.54) is 24.0 Å². The summed E-state index contributed by atoms with van der Waals surface area (Å²) < 4.78 is 0. The van der Waals surface area contributed by atoms with Crippen molar-refractivity contribution in [1.29, 1.82) is 0 Å². The van der Waals surface area contributed by atoms with Crippen molar-refractivity contribution in [3.63, 3.8) is 0 Å². The van der Waals surface area contributed by atoms with Gasteiger partial charge < -0.3 is 5.11 Å². The van der Waals surface area contributed by atoms with E-state index in [0.29, 0.717) is 5.92 Å². The molecule has 1 aliphatic carbocycles. The molecule has 1 fully saturated rings. The Hall–Kier alpha value is -0.820. The van der Waals surface area contributed by atoms with Crippen LogP contribution in [0.5, 0.6) is 0 Å². The Morgan fingerprint density at radius 1 is 1.20 bits per heavy atom. The number of hydrogen-bond donors (Lipinski definition) is 1. The molecule has 0 aromatic heterocycles. The molecular weight excluding hydrogens is 184 g/mol. The van der Waals surface area contributed by atoms with Gasteiger partial charge >= 0.3 is 0 Å². The molecule has 82 valence electrons. The van der Waals surface area contributed by atoms with Gasteiger partial charge in [-0.15, -0.1) is 0 Å². The molecule has 0 radical (unpaired) electrons. The predicted octanol–water partition coefficient (Wildman–Crippen LogP) is 3.27. The molecule has 1 aromatic rings. The van der Waals surface area contributed by atoms with Crippen LogP contribution in [0.15, 0.2) is 24.3 Å². The summed E-state index contributed by atoms with van der Waals surface area (Å²) in [6.45, 7) is 2.19. The van der Waals surface area contributed by atoms with Crippen LogP contribution in [0, 0.1) is 0 Å². The normalized spacial score (nSPS) is 26.5. The van der Waals surface area contributed by atoms with E-state index in [4.69, 9.17) is 0 Å². The number of aryl methyl sites for hydroxylation is 1. The van der Waals surface area contributed by atoms with Gasteiger partial charge in [-0.2, -0.15) is 0 Å². The summed E-state index contributed by atoms with van der Waals surface area (Å²) in [6.07, 6.45) is 5.53. The maximum Gasteiger partial charge on any atom is 0.0608 e. The molecule has 0 heterocycles. The molecule has 1 saturated carbocycles. The topological polar surface area (TPSA) is 20.2 Å². The molecule has 1 nitrogen and oxygen atoms in total. The van der Waals surface area contributed by atoms with Crippen LogP contribution in [0.25, 0.3) is 0 Å². The second-order valence-electron chi connectivity index (χ2n) is 4.51. The van der Waals surface area contributed by atoms with Crippen molar-refractivity contribution in [2.24, 2.45) is 0 Å². The van der Waals surface area contributed by atoms with Crippen molar-refractivity contribution in [3.8, 4) is 0 Å². The zero-order chi connectivity index (χ0) is 10.7. The third-order valence-corrected chi connectivity index (χ3v) is 3.56. The van der Waals surface area contributed by atoms with Gasteiger partial charge in [0.05, 0.1) is 6.10 Å². The number of aliphatic hydroxyl groups is 1. The Morgan fingerprint density at radius 2 is 1.93 bits per heavy atom. The largest absolute Gasteiger partial charge is 0.392 e. The van der Waals surface area contributed by atoms with Crippen LogP contribution in [-0.4, -0.2) is 11.2 Å². The Bertz CT molecular complexity index is 319. The van der Waals surface area contributed by atoms with E-state index in [2.05, 4.69) is 31.2 Å². The second kappa shape index (κ2) is 4.80. The van der Waals surface area contributed by atoms with Crippen LogP contribution in [-0.2, 0) is 6.42 Å². The SMILES string of the molecule is CCc1ccccc1[C@@H]1CCCC[C@@H]1O. The molecular formula is C14H20O. The molecule has 1 aromatic carbocycles. The van der Waals surface area contributed by atoms with Gasteiger partial charge in [-0.3, -0.25) is 0 Å². The molecule has 1 heteroatoms. The number of benzene rings is 1. The van der Waals surface area contributed by atoms with Gasteiger partial charge in [0.25, 0.3) is 0 Å². The summed E-state index contributed by atoms with van der Waals surface area (Å²) in [4.78, 5) is 0. The number of rotatable bonds is 2. The van der Waals surface area contributed by atoms with Crippen LogP contribution in [0.4, 0.5) is 0 Å². The summed E-state index contributed by atoms with van der Waals surface area (Å²) in [5.41, 5.74) is 2.79. The van der Waals surface area contributed by atoms with Crippen LogP contribution in [0.2, 0.25) is 0 Å². The molecule has 0 amide bonds. The number of aliphatic hydroxyl groups excluding tert-OH is 1. The zero-order valence-corrected chi connectivity index (χ0v) is 9.45. The third kappa shape index (κ3) is 2.23. The van der Waals surface area contributed by atoms with Gasteiger partial charge in [0.1, 0.15) is 0 Å². The minimum absolute atomic E-state index is 0.119. The third-order valence-electron chi connectivity index (χ3n) is 3.56. The molecule has 1 aliphatic rings. The molecule has 15 heavy (non-hydrogen) atoms. The van der Waals surface area contributed by atoms with Crippen LogP contribution in [0.3, 0.4) is 0 Å². The quantitative estimate of drug-likeness (QED) is 0.784. The maximum atomic E-state index is 10.0. The van der Waals surface area contributed by atoms with Gasteiger partial charge in [0.15, 0.2) is 0 Å². The highest BCUT2D eigenvalue weighted by Crippen LogP contribution is 2.34. The Labute approximate surface area is 92.1 Å². The highest BCUT2D eigenvalue weighted by molar-refractivity contribution is 5.31. The van der Waals surface area contributed by atoms with Gasteiger partial charge in [0, 0.05) is 5.92 Å². The average Bonchev–Trinajstić information content (AvgIpc) is 2.30. The van der Waals surface area contributed by atoms with Crippen molar-refractivity contribution in [3.05, 3.63) is 35.4 Å². The summed E-state index contributed by atoms with van der Waals surface area (Å²) in [7, 11) is 0. The molecule has 0 unspecified atom stereocenters. The molecule has 2 rings (SSSR count). The minimum Gasteiger partial charge on any atom is -0.392 e. The lowest BCUT2D eigenvalue weighted by molar-refractivity contribution is 0.106. The lowest BCUT2D eigenvalue weighted by Gasteiger charge is -2.29. The van der Waals surface area contributed by atoms with Gasteiger partial charge in [-0.1, -0.05) is 44.0 Å². The highest BCUT2D eigenvalue weighted by atomic mass is 16.3. The Morgan fingerprint density at radius 3 is 2.67 bits per heavy atom. The molecule has 2 atom stereocenters. The highest BCUT2D eigenvalue weighted by Gasteiger charge is 2.25. The van der Waals surface area contributed by atoms with Crippen molar-refractivity contribution < 1.29 is 5.11 Å². The Kier molecular flexibility index (Phi) is 3.42. The van der Waals surface area contributed by atoms with Gasteiger partial charge in [0.2, 0.25) is 0 Å². The van der Waals surface area contributed by atoms with Crippen molar-refractivity contribution in [1.82, 2.24) is 0 Å². The Balaban J connectivity index is 2.26. The molecule has 0 saturated heterocycles. The van der Waals surface area contributed by atoms with E-state index in [-0.39, 0.29) is 6.10 Å². The second-order valence-corrected chi connectivity index (χ2v) is 4.51. The van der Waals surface area contributed by atoms with E-state index in [1.807, 2.05) is 0 Å². The first kappa shape index (κ1) is 10.7. The fourth-order valence-electron chi connectivity index (χ4n) is 2.69. The molecule has 1 N–H and O–H groups in total. The average molecular weight is 204 g/mol. The summed E-state index contributed by atoms with van der Waals surface area (Å²) in [5.74, 6) is 0.384. The molecule has 0 spiro atoms. The first-order valence-electron chi connectivity index (χ1n) is 6.08. The van der Waals surface area contributed by atoms with E-state index >= 15 is 0 Å². The van der Waals surface area contributed by atoms with E-state index in [1.54, 1.807) is 0 Å². The lowest BCUT2D eigenvalue weighted by Crippen LogP contribution is -2.23. The first-order valence-corrected chi connectivity index (χ1v) is 6.08. The van der Waals surface area contributed by atoms with Crippen LogP contribution < -0.4 is 0 Å². The molecule has 0 aliphatic heterocycles. The van der Waals surface area contributed by atoms with E-state index in [9.17, 15) is 5.11 Å². The van der Waals surface area contributed by atoms with Crippen molar-refractivity contribution in [2.75, 3.05) is 0 Å². The van der Waals surface area contributed by atoms with Crippen LogP contribution >= 0.6 is 0 Å². The molecule has 0 bridgehead atoms. The predicted molar refractivity (Wildman–Crippen MR) is 63.0 cm³/mol. The summed E-state index contributed by atoms with van der Waals surface area (Å²) in [6, 6.07) is 8.57. The smallest absolute Gasteiger partial charge is 0.0608 e. The fraction of sp³-hybridized carbons (Fsp3) is 0.571. The monoisotopic (exact) mass is 204 g/mol. The van der Waals surface area contributed by atoms with E-state index in [0.717, 1.165) is 19.3 Å². The summed E-state index contributed by atoms with van der Waals surface area (Å²) >= 11 is 0. The fourth-order valence-corrected chi connectivity index (χ4v) is 2.69. The van der Waals surface area contributed by atoms with Crippen molar-refractivity contribution >= 4 is 0 Å². The standard InChI is InChI=1S/C14H20O/c1-2-11-7-3-4-8-12(11)13-9-5-6-10-14(13)15/h3-4,7-8,13-15H,2,5-6,9-10H2,1H3/t13-,14-/m0/s1. The zero-order valence-electron chi connectivity index (χ0n) is 9.45. The van der Waals surface area contributed by atoms with Crippen LogP contribution in [0.1, 0.15) is 49.7 Å². The lowest BCUT2D eigenvalue weighted by atomic mass is 9.79. The van der Waals surface area contributed by atoms with Gasteiger partial charge in [-0.25, -0.2) is 0 Å².